The first kappa shape index (κ1) is 15.4. The minimum atomic E-state index is -0.463. The Morgan fingerprint density at radius 3 is 2.83 bits per heavy atom. The number of nitrogens with zero attached hydrogens (tertiary/aromatic N) is 1. The van der Waals surface area contributed by atoms with E-state index >= 15 is 0 Å². The molecule has 2 heterocycles. The lowest BCUT2D eigenvalue weighted by molar-refractivity contribution is 0.0561. The predicted molar refractivity (Wildman–Crippen MR) is 86.1 cm³/mol. The van der Waals surface area contributed by atoms with Gasteiger partial charge in [-0.2, -0.15) is 0 Å². The van der Waals surface area contributed by atoms with Crippen molar-refractivity contribution in [2.75, 3.05) is 14.2 Å². The van der Waals surface area contributed by atoms with Crippen molar-refractivity contribution >= 4 is 16.9 Å². The Morgan fingerprint density at radius 1 is 1.30 bits per heavy atom. The molecule has 0 spiro atoms. The maximum absolute atomic E-state index is 11.7. The van der Waals surface area contributed by atoms with Gasteiger partial charge in [-0.3, -0.25) is 4.90 Å². The topological polar surface area (TPSA) is 55.8 Å². The first-order chi connectivity index (χ1) is 11.1. The summed E-state index contributed by atoms with van der Waals surface area (Å²) >= 11 is 0. The molecule has 0 radical (unpaired) electrons. The molecule has 3 aromatic rings. The van der Waals surface area contributed by atoms with Gasteiger partial charge >= 0.3 is 5.97 Å². The van der Waals surface area contributed by atoms with Gasteiger partial charge in [0.15, 0.2) is 0 Å². The fraction of sp³-hybridized carbons (Fsp3) is 0.278. The highest BCUT2D eigenvalue weighted by Crippen LogP contribution is 2.28. The molecule has 0 N–H and O–H groups in total. The zero-order chi connectivity index (χ0) is 16.4. The Hall–Kier alpha value is -2.53. The van der Waals surface area contributed by atoms with E-state index in [1.807, 2.05) is 37.4 Å². The van der Waals surface area contributed by atoms with E-state index in [1.165, 1.54) is 13.4 Å². The van der Waals surface area contributed by atoms with Gasteiger partial charge in [-0.15, -0.1) is 0 Å². The molecule has 2 aromatic heterocycles. The van der Waals surface area contributed by atoms with Gasteiger partial charge in [0, 0.05) is 17.5 Å². The average Bonchev–Trinajstić information content (AvgIpc) is 3.19. The molecule has 1 aromatic carbocycles. The normalized spacial score (nSPS) is 12.7. The molecule has 0 amide bonds. The number of esters is 1. The highest BCUT2D eigenvalue weighted by Gasteiger charge is 2.21. The van der Waals surface area contributed by atoms with Crippen LogP contribution in [0.5, 0.6) is 0 Å². The molecule has 5 heteroatoms. The maximum atomic E-state index is 11.7. The van der Waals surface area contributed by atoms with Crippen molar-refractivity contribution in [3.8, 4) is 0 Å². The molecule has 1 unspecified atom stereocenters. The van der Waals surface area contributed by atoms with Crippen molar-refractivity contribution in [3.63, 3.8) is 0 Å². The SMILES string of the molecule is COC(=O)c1occc1CN(C)C(C)c1cc2ccccc2o1. The van der Waals surface area contributed by atoms with Crippen molar-refractivity contribution < 1.29 is 18.4 Å². The summed E-state index contributed by atoms with van der Waals surface area (Å²) in [5.41, 5.74) is 1.67. The third-order valence-electron chi connectivity index (χ3n) is 4.05. The third kappa shape index (κ3) is 3.00. The Kier molecular flexibility index (Phi) is 4.21. The van der Waals surface area contributed by atoms with E-state index in [1.54, 1.807) is 6.07 Å². The lowest BCUT2D eigenvalue weighted by Gasteiger charge is -2.22. The van der Waals surface area contributed by atoms with Gasteiger partial charge in [-0.1, -0.05) is 18.2 Å². The summed E-state index contributed by atoms with van der Waals surface area (Å²) in [4.78, 5) is 13.8. The molecule has 0 fully saturated rings. The predicted octanol–water partition coefficient (Wildman–Crippen LogP) is 4.01. The number of furan rings is 2. The highest BCUT2D eigenvalue weighted by atomic mass is 16.5. The summed E-state index contributed by atoms with van der Waals surface area (Å²) in [5, 5.41) is 1.08. The summed E-state index contributed by atoms with van der Waals surface area (Å²) in [6, 6.07) is 11.8. The van der Waals surface area contributed by atoms with Crippen LogP contribution < -0.4 is 0 Å². The van der Waals surface area contributed by atoms with Gasteiger partial charge in [0.1, 0.15) is 11.3 Å². The summed E-state index contributed by atoms with van der Waals surface area (Å²) in [6.07, 6.45) is 1.50. The Balaban J connectivity index is 1.78. The third-order valence-corrected chi connectivity index (χ3v) is 4.05. The first-order valence-electron chi connectivity index (χ1n) is 7.43. The van der Waals surface area contributed by atoms with Gasteiger partial charge in [-0.05, 0) is 32.2 Å². The lowest BCUT2D eigenvalue weighted by Crippen LogP contribution is -2.22. The number of fused-ring (bicyclic) bond motifs is 1. The zero-order valence-electron chi connectivity index (χ0n) is 13.4. The second-order valence-electron chi connectivity index (χ2n) is 5.54. The number of carbonyl (C=O) groups excluding carboxylic acids is 1. The molecule has 0 aliphatic carbocycles. The van der Waals surface area contributed by atoms with E-state index < -0.39 is 5.97 Å². The molecule has 0 saturated heterocycles. The van der Waals surface area contributed by atoms with Gasteiger partial charge in [0.2, 0.25) is 5.76 Å². The standard InChI is InChI=1S/C18H19NO4/c1-12(16-10-13-6-4-5-7-15(13)23-16)19(2)11-14-8-9-22-17(14)18(20)21-3/h4-10,12H,11H2,1-3H3. The van der Waals surface area contributed by atoms with Crippen molar-refractivity contribution in [2.24, 2.45) is 0 Å². The van der Waals surface area contributed by atoms with Gasteiger partial charge < -0.3 is 13.6 Å². The van der Waals surface area contributed by atoms with Crippen LogP contribution >= 0.6 is 0 Å². The Morgan fingerprint density at radius 2 is 2.09 bits per heavy atom. The van der Waals surface area contributed by atoms with Crippen LogP contribution in [0.2, 0.25) is 0 Å². The smallest absolute Gasteiger partial charge is 0.374 e. The molecule has 1 atom stereocenters. The molecule has 0 aliphatic heterocycles. The van der Waals surface area contributed by atoms with Crippen LogP contribution in [0.4, 0.5) is 0 Å². The van der Waals surface area contributed by atoms with E-state index in [9.17, 15) is 4.79 Å². The average molecular weight is 313 g/mol. The van der Waals surface area contributed by atoms with Crippen LogP contribution in [0.25, 0.3) is 11.0 Å². The Labute approximate surface area is 134 Å². The summed E-state index contributed by atoms with van der Waals surface area (Å²) < 4.78 is 15.9. The van der Waals surface area contributed by atoms with Crippen LogP contribution in [-0.2, 0) is 11.3 Å². The quantitative estimate of drug-likeness (QED) is 0.666. The number of carbonyl (C=O) groups is 1. The molecular formula is C18H19NO4. The second kappa shape index (κ2) is 6.30. The summed E-state index contributed by atoms with van der Waals surface area (Å²) in [5.74, 6) is 0.669. The number of hydrogen-bond donors (Lipinski definition) is 0. The monoisotopic (exact) mass is 313 g/mol. The van der Waals surface area contributed by atoms with Crippen molar-refractivity contribution in [2.45, 2.75) is 19.5 Å². The number of methoxy groups -OCH3 is 1. The number of ether oxygens (including phenoxy) is 1. The van der Waals surface area contributed by atoms with Crippen LogP contribution in [0, 0.1) is 0 Å². The van der Waals surface area contributed by atoms with E-state index in [-0.39, 0.29) is 11.8 Å². The van der Waals surface area contributed by atoms with Crippen LogP contribution in [0.1, 0.15) is 34.8 Å². The van der Waals surface area contributed by atoms with Gasteiger partial charge in [-0.25, -0.2) is 4.79 Å². The number of para-hydroxylation sites is 1. The minimum absolute atomic E-state index is 0.0581. The number of rotatable bonds is 5. The zero-order valence-corrected chi connectivity index (χ0v) is 13.4. The van der Waals surface area contributed by atoms with Crippen molar-refractivity contribution in [1.29, 1.82) is 0 Å². The largest absolute Gasteiger partial charge is 0.463 e. The van der Waals surface area contributed by atoms with Crippen LogP contribution in [0.15, 0.2) is 51.5 Å². The highest BCUT2D eigenvalue weighted by molar-refractivity contribution is 5.87. The minimum Gasteiger partial charge on any atom is -0.463 e. The van der Waals surface area contributed by atoms with E-state index in [0.29, 0.717) is 6.54 Å². The molecule has 120 valence electrons. The van der Waals surface area contributed by atoms with Crippen LogP contribution in [0.3, 0.4) is 0 Å². The second-order valence-corrected chi connectivity index (χ2v) is 5.54. The number of benzene rings is 1. The van der Waals surface area contributed by atoms with E-state index in [2.05, 4.69) is 11.8 Å². The Bertz CT molecular complexity index is 784. The summed E-state index contributed by atoms with van der Waals surface area (Å²) in [7, 11) is 3.32. The van der Waals surface area contributed by atoms with E-state index in [4.69, 9.17) is 13.6 Å². The molecule has 0 bridgehead atoms. The molecule has 23 heavy (non-hydrogen) atoms. The van der Waals surface area contributed by atoms with Gasteiger partial charge in [0.05, 0.1) is 19.4 Å². The molecule has 0 aliphatic rings. The fourth-order valence-corrected chi connectivity index (χ4v) is 2.56. The maximum Gasteiger partial charge on any atom is 0.374 e. The fourth-order valence-electron chi connectivity index (χ4n) is 2.56. The van der Waals surface area contributed by atoms with Crippen molar-refractivity contribution in [1.82, 2.24) is 4.90 Å². The molecule has 0 saturated carbocycles. The molecule has 3 rings (SSSR count). The first-order valence-corrected chi connectivity index (χ1v) is 7.43. The van der Waals surface area contributed by atoms with Crippen molar-refractivity contribution in [3.05, 3.63) is 59.7 Å². The number of hydrogen-bond acceptors (Lipinski definition) is 5. The van der Waals surface area contributed by atoms with E-state index in [0.717, 1.165) is 22.3 Å². The van der Waals surface area contributed by atoms with Gasteiger partial charge in [0.25, 0.3) is 0 Å². The van der Waals surface area contributed by atoms with Crippen LogP contribution in [-0.4, -0.2) is 25.0 Å². The lowest BCUT2D eigenvalue weighted by atomic mass is 10.1. The molecule has 5 nitrogen and oxygen atoms in total. The molecular weight excluding hydrogens is 294 g/mol. The summed E-state index contributed by atoms with van der Waals surface area (Å²) in [6.45, 7) is 2.62.